The molecule has 0 saturated carbocycles. The first-order valence-corrected chi connectivity index (χ1v) is 11.9. The monoisotopic (exact) mass is 472 g/mol. The number of imidazole rings is 1. The van der Waals surface area contributed by atoms with Gasteiger partial charge in [-0.15, -0.1) is 0 Å². The Hall–Kier alpha value is -4.47. The van der Waals surface area contributed by atoms with E-state index < -0.39 is 5.60 Å². The Labute approximate surface area is 208 Å². The molecule has 6 bridgehead atoms. The van der Waals surface area contributed by atoms with Crippen LogP contribution in [0.1, 0.15) is 33.5 Å². The number of aromatic nitrogens is 3. The van der Waals surface area contributed by atoms with Crippen molar-refractivity contribution >= 4 is 10.9 Å². The third-order valence-corrected chi connectivity index (χ3v) is 7.42. The molecule has 6 rings (SSSR count). The number of nitrogens with zero attached hydrogens (tertiary/aromatic N) is 4. The lowest BCUT2D eigenvalue weighted by molar-refractivity contribution is 0.117. The van der Waals surface area contributed by atoms with E-state index in [-0.39, 0.29) is 5.56 Å². The first-order valence-electron chi connectivity index (χ1n) is 11.9. The lowest BCUT2D eigenvalue weighted by Crippen LogP contribution is -2.31. The van der Waals surface area contributed by atoms with Crippen LogP contribution in [0.2, 0.25) is 0 Å². The van der Waals surface area contributed by atoms with Gasteiger partial charge in [0.25, 0.3) is 5.56 Å². The SMILES string of the molecule is Cn1cncc1[C@@]1(O)c2ccc(C#N)c(c2)CCc2cccc(c2)-c2cc(=O)n(C)c3ccc1cc23. The summed E-state index contributed by atoms with van der Waals surface area (Å²) in [4.78, 5) is 17.2. The standard InChI is InChI=1S/C30H24N4O2/c1-33-18-32-17-28(33)30(36)23-9-8-22(16-31)20(13-23)7-6-19-4-3-5-21(12-19)25-15-29(35)34(2)27-11-10-24(30)14-26(25)27/h3-5,8-15,17-18,36H,6-7H2,1-2H3/t30-/m1/s1. The van der Waals surface area contributed by atoms with Crippen molar-refractivity contribution in [3.8, 4) is 17.2 Å². The van der Waals surface area contributed by atoms with E-state index in [4.69, 9.17) is 0 Å². The van der Waals surface area contributed by atoms with Gasteiger partial charge in [-0.05, 0) is 64.4 Å². The molecule has 2 heterocycles. The van der Waals surface area contributed by atoms with Crippen molar-refractivity contribution in [1.82, 2.24) is 14.1 Å². The first-order chi connectivity index (χ1) is 17.4. The van der Waals surface area contributed by atoms with E-state index in [0.29, 0.717) is 28.8 Å². The lowest BCUT2D eigenvalue weighted by Gasteiger charge is -2.31. The molecule has 36 heavy (non-hydrogen) atoms. The summed E-state index contributed by atoms with van der Waals surface area (Å²) in [6, 6.07) is 23.5. The van der Waals surface area contributed by atoms with E-state index in [9.17, 15) is 15.2 Å². The van der Waals surface area contributed by atoms with Gasteiger partial charge < -0.3 is 14.2 Å². The molecule has 0 amide bonds. The molecule has 1 aliphatic carbocycles. The van der Waals surface area contributed by atoms with Gasteiger partial charge in [0.2, 0.25) is 0 Å². The van der Waals surface area contributed by atoms with E-state index in [1.165, 1.54) is 0 Å². The number of pyridine rings is 1. The zero-order valence-electron chi connectivity index (χ0n) is 20.1. The third kappa shape index (κ3) is 3.21. The van der Waals surface area contributed by atoms with E-state index in [0.717, 1.165) is 39.6 Å². The zero-order chi connectivity index (χ0) is 25.0. The summed E-state index contributed by atoms with van der Waals surface area (Å²) >= 11 is 0. The molecule has 176 valence electrons. The second kappa shape index (κ2) is 8.04. The summed E-state index contributed by atoms with van der Waals surface area (Å²) in [7, 11) is 3.62. The normalized spacial score (nSPS) is 16.7. The maximum Gasteiger partial charge on any atom is 0.251 e. The van der Waals surface area contributed by atoms with Crippen LogP contribution in [0, 0.1) is 11.3 Å². The molecule has 1 N–H and O–H groups in total. The molecule has 0 saturated heterocycles. The van der Waals surface area contributed by atoms with E-state index >= 15 is 0 Å². The highest BCUT2D eigenvalue weighted by molar-refractivity contribution is 5.95. The quantitative estimate of drug-likeness (QED) is 0.397. The summed E-state index contributed by atoms with van der Waals surface area (Å²) in [5.74, 6) is 0. The zero-order valence-corrected chi connectivity index (χ0v) is 20.1. The molecule has 5 aromatic rings. The Kier molecular flexibility index (Phi) is 4.92. The maximum absolute atomic E-state index is 12.9. The maximum atomic E-state index is 12.9. The number of fused-ring (bicyclic) bond motifs is 6. The van der Waals surface area contributed by atoms with Crippen LogP contribution in [0.5, 0.6) is 0 Å². The Morgan fingerprint density at radius 3 is 2.58 bits per heavy atom. The Morgan fingerprint density at radius 2 is 1.81 bits per heavy atom. The smallest absolute Gasteiger partial charge is 0.251 e. The van der Waals surface area contributed by atoms with Crippen molar-refractivity contribution < 1.29 is 5.11 Å². The first kappa shape index (κ1) is 22.0. The number of hydrogen-bond donors (Lipinski definition) is 1. The summed E-state index contributed by atoms with van der Waals surface area (Å²) in [5, 5.41) is 23.2. The molecule has 0 fully saturated rings. The van der Waals surface area contributed by atoms with Crippen LogP contribution in [0.25, 0.3) is 22.0 Å². The van der Waals surface area contributed by atoms with Gasteiger partial charge in [0.15, 0.2) is 5.60 Å². The van der Waals surface area contributed by atoms with Crippen LogP contribution in [0.4, 0.5) is 0 Å². The Bertz CT molecular complexity index is 1770. The molecule has 0 radical (unpaired) electrons. The molecular formula is C30H24N4O2. The average Bonchev–Trinajstić information content (AvgIpc) is 3.34. The summed E-state index contributed by atoms with van der Waals surface area (Å²) in [5.41, 5.74) is 5.47. The minimum absolute atomic E-state index is 0.0906. The van der Waals surface area contributed by atoms with Gasteiger partial charge in [0.1, 0.15) is 0 Å². The second-order valence-electron chi connectivity index (χ2n) is 9.47. The van der Waals surface area contributed by atoms with Crippen molar-refractivity contribution in [2.45, 2.75) is 18.4 Å². The van der Waals surface area contributed by atoms with E-state index in [2.05, 4.69) is 23.2 Å². The van der Waals surface area contributed by atoms with Crippen molar-refractivity contribution in [2.24, 2.45) is 14.1 Å². The Morgan fingerprint density at radius 1 is 1.00 bits per heavy atom. The van der Waals surface area contributed by atoms with Crippen molar-refractivity contribution in [3.63, 3.8) is 0 Å². The van der Waals surface area contributed by atoms with Gasteiger partial charge in [-0.1, -0.05) is 42.5 Å². The predicted octanol–water partition coefficient (Wildman–Crippen LogP) is 4.19. The molecule has 3 aromatic carbocycles. The predicted molar refractivity (Wildman–Crippen MR) is 138 cm³/mol. The Balaban J connectivity index is 1.77. The highest BCUT2D eigenvalue weighted by Crippen LogP contribution is 2.40. The van der Waals surface area contributed by atoms with Crippen LogP contribution in [-0.2, 0) is 32.5 Å². The van der Waals surface area contributed by atoms with Gasteiger partial charge in [0.05, 0.1) is 35.4 Å². The number of aliphatic hydroxyl groups is 1. The fraction of sp³-hybridized carbons (Fsp3) is 0.167. The summed E-state index contributed by atoms with van der Waals surface area (Å²) in [6.07, 6.45) is 4.71. The van der Waals surface area contributed by atoms with Crippen molar-refractivity contribution in [3.05, 3.63) is 123 Å². The number of benzene rings is 3. The minimum Gasteiger partial charge on any atom is -0.374 e. The molecule has 1 aliphatic rings. The largest absolute Gasteiger partial charge is 0.374 e. The van der Waals surface area contributed by atoms with Crippen LogP contribution < -0.4 is 5.56 Å². The van der Waals surface area contributed by atoms with E-state index in [1.54, 1.807) is 36.3 Å². The van der Waals surface area contributed by atoms with Crippen LogP contribution >= 0.6 is 0 Å². The number of rotatable bonds is 1. The van der Waals surface area contributed by atoms with E-state index in [1.807, 2.05) is 54.1 Å². The van der Waals surface area contributed by atoms with Gasteiger partial charge in [-0.3, -0.25) is 4.79 Å². The highest BCUT2D eigenvalue weighted by Gasteiger charge is 2.37. The minimum atomic E-state index is -1.53. The van der Waals surface area contributed by atoms with Gasteiger partial charge >= 0.3 is 0 Å². The summed E-state index contributed by atoms with van der Waals surface area (Å²) < 4.78 is 3.44. The van der Waals surface area contributed by atoms with Crippen LogP contribution in [0.3, 0.4) is 0 Å². The number of aryl methyl sites for hydroxylation is 4. The molecule has 0 spiro atoms. The van der Waals surface area contributed by atoms with Gasteiger partial charge in [0, 0.05) is 25.5 Å². The topological polar surface area (TPSA) is 83.8 Å². The van der Waals surface area contributed by atoms with Gasteiger partial charge in [-0.2, -0.15) is 5.26 Å². The number of hydrogen-bond acceptors (Lipinski definition) is 4. The average molecular weight is 473 g/mol. The van der Waals surface area contributed by atoms with Crippen LogP contribution in [0.15, 0.2) is 84.0 Å². The highest BCUT2D eigenvalue weighted by atomic mass is 16.3. The van der Waals surface area contributed by atoms with Crippen molar-refractivity contribution in [2.75, 3.05) is 0 Å². The molecular weight excluding hydrogens is 448 g/mol. The fourth-order valence-electron chi connectivity index (χ4n) is 5.40. The lowest BCUT2D eigenvalue weighted by atomic mass is 9.81. The molecule has 2 aromatic heterocycles. The van der Waals surface area contributed by atoms with Gasteiger partial charge in [-0.25, -0.2) is 4.98 Å². The second-order valence-corrected chi connectivity index (χ2v) is 9.47. The molecule has 6 nitrogen and oxygen atoms in total. The molecule has 0 unspecified atom stereocenters. The molecule has 6 heteroatoms. The fourth-order valence-corrected chi connectivity index (χ4v) is 5.40. The molecule has 1 atom stereocenters. The summed E-state index contributed by atoms with van der Waals surface area (Å²) in [6.45, 7) is 0. The molecule has 0 aliphatic heterocycles. The number of nitriles is 1. The van der Waals surface area contributed by atoms with Crippen molar-refractivity contribution in [1.29, 1.82) is 5.26 Å². The third-order valence-electron chi connectivity index (χ3n) is 7.42. The van der Waals surface area contributed by atoms with Crippen LogP contribution in [-0.4, -0.2) is 19.2 Å².